The third kappa shape index (κ3) is 5.26. The molecule has 4 rings (SSSR count). The first-order valence-electron chi connectivity index (χ1n) is 9.78. The number of benzene rings is 3. The number of carbonyl (C=O) groups is 1. The topological polar surface area (TPSA) is 72.2 Å². The molecule has 1 amide bonds. The van der Waals surface area contributed by atoms with Crippen molar-refractivity contribution in [2.75, 3.05) is 5.75 Å². The summed E-state index contributed by atoms with van der Waals surface area (Å²) in [6.45, 7) is 2.05. The van der Waals surface area contributed by atoms with Crippen molar-refractivity contribution in [2.24, 2.45) is 5.10 Å². The molecule has 0 spiro atoms. The van der Waals surface area contributed by atoms with Gasteiger partial charge in [-0.15, -0.1) is 10.2 Å². The molecule has 1 aromatic heterocycles. The van der Waals surface area contributed by atoms with Gasteiger partial charge >= 0.3 is 0 Å². The normalized spacial score (nSPS) is 11.0. The van der Waals surface area contributed by atoms with Crippen molar-refractivity contribution in [1.82, 2.24) is 20.2 Å². The van der Waals surface area contributed by atoms with Gasteiger partial charge in [-0.05, 0) is 24.6 Å². The van der Waals surface area contributed by atoms with Crippen LogP contribution in [0.15, 0.2) is 95.2 Å². The van der Waals surface area contributed by atoms with Crippen molar-refractivity contribution in [3.8, 4) is 17.1 Å². The molecule has 0 unspecified atom stereocenters. The van der Waals surface area contributed by atoms with Crippen molar-refractivity contribution in [1.29, 1.82) is 0 Å². The fraction of sp³-hybridized carbons (Fsp3) is 0.0833. The molecule has 0 saturated heterocycles. The van der Waals surface area contributed by atoms with Crippen LogP contribution in [0.2, 0.25) is 0 Å². The summed E-state index contributed by atoms with van der Waals surface area (Å²) in [5.41, 5.74) is 6.55. The number of amides is 1. The number of hydrogen-bond acceptors (Lipinski definition) is 5. The van der Waals surface area contributed by atoms with Gasteiger partial charge in [0.25, 0.3) is 5.91 Å². The van der Waals surface area contributed by atoms with E-state index in [1.807, 2.05) is 96.4 Å². The van der Waals surface area contributed by atoms with Gasteiger partial charge in [0.1, 0.15) is 0 Å². The summed E-state index contributed by atoms with van der Waals surface area (Å²) in [6, 6.07) is 27.6. The van der Waals surface area contributed by atoms with E-state index in [0.29, 0.717) is 5.16 Å². The summed E-state index contributed by atoms with van der Waals surface area (Å²) in [7, 11) is 0. The van der Waals surface area contributed by atoms with Crippen molar-refractivity contribution in [3.63, 3.8) is 0 Å². The van der Waals surface area contributed by atoms with Crippen LogP contribution >= 0.6 is 11.8 Å². The predicted molar refractivity (Wildman–Crippen MR) is 124 cm³/mol. The van der Waals surface area contributed by atoms with Crippen LogP contribution in [-0.2, 0) is 4.79 Å². The summed E-state index contributed by atoms with van der Waals surface area (Å²) >= 11 is 1.32. The molecule has 1 heterocycles. The first-order chi connectivity index (χ1) is 15.2. The molecular formula is C24H21N5OS. The number of hydrogen-bond donors (Lipinski definition) is 1. The molecule has 0 aliphatic rings. The van der Waals surface area contributed by atoms with Gasteiger partial charge in [-0.2, -0.15) is 5.10 Å². The van der Waals surface area contributed by atoms with Gasteiger partial charge in [0.05, 0.1) is 12.0 Å². The van der Waals surface area contributed by atoms with Gasteiger partial charge in [-0.3, -0.25) is 9.36 Å². The van der Waals surface area contributed by atoms with Gasteiger partial charge in [0.2, 0.25) is 0 Å². The van der Waals surface area contributed by atoms with Gasteiger partial charge in [-0.1, -0.05) is 90.1 Å². The SMILES string of the molecule is Cc1ccc(-n2c(SCC(=O)NN=Cc3ccccc3)nnc2-c2ccccc2)cc1. The van der Waals surface area contributed by atoms with E-state index in [1.54, 1.807) is 6.21 Å². The number of nitrogens with zero attached hydrogens (tertiary/aromatic N) is 4. The lowest BCUT2D eigenvalue weighted by atomic mass is 10.2. The van der Waals surface area contributed by atoms with E-state index >= 15 is 0 Å². The summed E-state index contributed by atoms with van der Waals surface area (Å²) in [4.78, 5) is 12.3. The molecule has 0 aliphatic heterocycles. The van der Waals surface area contributed by atoms with E-state index in [2.05, 4.69) is 20.7 Å². The Morgan fingerprint density at radius 2 is 1.65 bits per heavy atom. The van der Waals surface area contributed by atoms with E-state index in [-0.39, 0.29) is 11.7 Å². The fourth-order valence-electron chi connectivity index (χ4n) is 2.94. The first kappa shape index (κ1) is 20.6. The van der Waals surface area contributed by atoms with Crippen LogP contribution in [0, 0.1) is 6.92 Å². The van der Waals surface area contributed by atoms with Gasteiger partial charge in [0.15, 0.2) is 11.0 Å². The van der Waals surface area contributed by atoms with Crippen LogP contribution in [0.4, 0.5) is 0 Å². The smallest absolute Gasteiger partial charge is 0.250 e. The molecule has 154 valence electrons. The highest BCUT2D eigenvalue weighted by atomic mass is 32.2. The Labute approximate surface area is 185 Å². The number of rotatable bonds is 7. The number of thioether (sulfide) groups is 1. The quantitative estimate of drug-likeness (QED) is 0.268. The summed E-state index contributed by atoms with van der Waals surface area (Å²) in [5, 5.41) is 13.4. The predicted octanol–water partition coefficient (Wildman–Crippen LogP) is 4.49. The Kier molecular flexibility index (Phi) is 6.54. The Bertz CT molecular complexity index is 1170. The monoisotopic (exact) mass is 427 g/mol. The standard InChI is InChI=1S/C24H21N5OS/c1-18-12-14-21(15-13-18)29-23(20-10-6-3-7-11-20)27-28-24(29)31-17-22(30)26-25-16-19-8-4-2-5-9-19/h2-16H,17H2,1H3,(H,26,30). The zero-order valence-corrected chi connectivity index (χ0v) is 17.8. The van der Waals surface area contributed by atoms with Crippen LogP contribution < -0.4 is 5.43 Å². The molecule has 7 heteroatoms. The minimum absolute atomic E-state index is 0.172. The van der Waals surface area contributed by atoms with Crippen LogP contribution in [0.3, 0.4) is 0 Å². The summed E-state index contributed by atoms with van der Waals surface area (Å²) in [6.07, 6.45) is 1.62. The second kappa shape index (κ2) is 9.86. The molecule has 3 aromatic carbocycles. The highest BCUT2D eigenvalue weighted by Crippen LogP contribution is 2.28. The number of aryl methyl sites for hydroxylation is 1. The molecule has 0 fully saturated rings. The Morgan fingerprint density at radius 3 is 2.35 bits per heavy atom. The maximum Gasteiger partial charge on any atom is 0.250 e. The van der Waals surface area contributed by atoms with Crippen LogP contribution in [0.25, 0.3) is 17.1 Å². The Morgan fingerprint density at radius 1 is 0.968 bits per heavy atom. The van der Waals surface area contributed by atoms with Crippen molar-refractivity contribution < 1.29 is 4.79 Å². The molecule has 31 heavy (non-hydrogen) atoms. The van der Waals surface area contributed by atoms with Crippen molar-refractivity contribution >= 4 is 23.9 Å². The van der Waals surface area contributed by atoms with E-state index in [9.17, 15) is 4.79 Å². The zero-order chi connectivity index (χ0) is 21.5. The van der Waals surface area contributed by atoms with E-state index < -0.39 is 0 Å². The Balaban J connectivity index is 1.51. The third-order valence-electron chi connectivity index (χ3n) is 4.49. The molecule has 6 nitrogen and oxygen atoms in total. The van der Waals surface area contributed by atoms with Gasteiger partial charge in [-0.25, -0.2) is 5.43 Å². The van der Waals surface area contributed by atoms with Crippen LogP contribution in [-0.4, -0.2) is 32.6 Å². The maximum atomic E-state index is 12.3. The largest absolute Gasteiger partial charge is 0.272 e. The fourth-order valence-corrected chi connectivity index (χ4v) is 3.69. The lowest BCUT2D eigenvalue weighted by Crippen LogP contribution is -2.20. The molecule has 0 atom stereocenters. The first-order valence-corrected chi connectivity index (χ1v) is 10.8. The molecule has 0 aliphatic carbocycles. The molecule has 4 aromatic rings. The lowest BCUT2D eigenvalue weighted by molar-refractivity contribution is -0.118. The number of carbonyl (C=O) groups excluding carboxylic acids is 1. The number of hydrazone groups is 1. The third-order valence-corrected chi connectivity index (χ3v) is 5.42. The van der Waals surface area contributed by atoms with Crippen LogP contribution in [0.1, 0.15) is 11.1 Å². The average molecular weight is 428 g/mol. The lowest BCUT2D eigenvalue weighted by Gasteiger charge is -2.10. The van der Waals surface area contributed by atoms with Gasteiger partial charge < -0.3 is 0 Å². The summed E-state index contributed by atoms with van der Waals surface area (Å²) < 4.78 is 1.97. The molecule has 0 bridgehead atoms. The zero-order valence-electron chi connectivity index (χ0n) is 17.0. The molecular weight excluding hydrogens is 406 g/mol. The summed E-state index contributed by atoms with van der Waals surface area (Å²) in [5.74, 6) is 0.691. The van der Waals surface area contributed by atoms with E-state index in [0.717, 1.165) is 22.6 Å². The Hall–Kier alpha value is -3.71. The molecule has 0 radical (unpaired) electrons. The van der Waals surface area contributed by atoms with Gasteiger partial charge in [0, 0.05) is 11.3 Å². The average Bonchev–Trinajstić information content (AvgIpc) is 3.23. The van der Waals surface area contributed by atoms with E-state index in [4.69, 9.17) is 0 Å². The second-order valence-corrected chi connectivity index (χ2v) is 7.78. The highest BCUT2D eigenvalue weighted by Gasteiger charge is 2.17. The van der Waals surface area contributed by atoms with Crippen LogP contribution in [0.5, 0.6) is 0 Å². The maximum absolute atomic E-state index is 12.3. The highest BCUT2D eigenvalue weighted by molar-refractivity contribution is 7.99. The van der Waals surface area contributed by atoms with Crippen molar-refractivity contribution in [3.05, 3.63) is 96.1 Å². The number of aromatic nitrogens is 3. The van der Waals surface area contributed by atoms with Crippen molar-refractivity contribution in [2.45, 2.75) is 12.1 Å². The molecule has 1 N–H and O–H groups in total. The second-order valence-electron chi connectivity index (χ2n) is 6.84. The molecule has 0 saturated carbocycles. The minimum Gasteiger partial charge on any atom is -0.272 e. The van der Waals surface area contributed by atoms with E-state index in [1.165, 1.54) is 17.3 Å². The minimum atomic E-state index is -0.211. The number of nitrogens with one attached hydrogen (secondary N) is 1.